The molecular formula is C11H20O5. The molecule has 1 aliphatic heterocycles. The Labute approximate surface area is 95.7 Å². The minimum atomic E-state index is -1.15. The molecule has 0 radical (unpaired) electrons. The summed E-state index contributed by atoms with van der Waals surface area (Å²) in [6.45, 7) is 3.27. The lowest BCUT2D eigenvalue weighted by molar-refractivity contribution is -0.180. The predicted molar refractivity (Wildman–Crippen MR) is 57.5 cm³/mol. The van der Waals surface area contributed by atoms with Gasteiger partial charge in [-0.3, -0.25) is 0 Å². The van der Waals surface area contributed by atoms with Crippen LogP contribution in [0.4, 0.5) is 0 Å². The maximum Gasteiger partial charge on any atom is 0.335 e. The summed E-state index contributed by atoms with van der Waals surface area (Å²) >= 11 is 0. The molecule has 0 aromatic heterocycles. The first-order valence-corrected chi connectivity index (χ1v) is 5.56. The molecule has 94 valence electrons. The zero-order valence-electron chi connectivity index (χ0n) is 9.90. The van der Waals surface area contributed by atoms with Crippen LogP contribution in [-0.2, 0) is 19.0 Å². The molecule has 0 saturated carbocycles. The van der Waals surface area contributed by atoms with E-state index < -0.39 is 11.6 Å². The molecule has 0 amide bonds. The van der Waals surface area contributed by atoms with Gasteiger partial charge in [-0.2, -0.15) is 0 Å². The average Bonchev–Trinajstić information content (AvgIpc) is 2.27. The molecular weight excluding hydrogens is 212 g/mol. The standard InChI is InChI=1S/C11H20O5/c1-11(10(12)13,5-8-14-2)16-9-3-6-15-7-4-9/h9H,3-8H2,1-2H3,(H,12,13). The minimum absolute atomic E-state index is 0.0216. The first-order chi connectivity index (χ1) is 7.58. The molecule has 5 heteroatoms. The Morgan fingerprint density at radius 1 is 1.50 bits per heavy atom. The topological polar surface area (TPSA) is 65.0 Å². The van der Waals surface area contributed by atoms with E-state index in [-0.39, 0.29) is 6.10 Å². The van der Waals surface area contributed by atoms with Gasteiger partial charge in [0.15, 0.2) is 5.60 Å². The third-order valence-electron chi connectivity index (χ3n) is 2.83. The monoisotopic (exact) mass is 232 g/mol. The number of hydrogen-bond donors (Lipinski definition) is 1. The Morgan fingerprint density at radius 2 is 2.12 bits per heavy atom. The van der Waals surface area contributed by atoms with Gasteiger partial charge in [-0.25, -0.2) is 4.79 Å². The fourth-order valence-electron chi connectivity index (χ4n) is 1.67. The lowest BCUT2D eigenvalue weighted by Crippen LogP contribution is -2.44. The number of hydrogen-bond acceptors (Lipinski definition) is 4. The van der Waals surface area contributed by atoms with Gasteiger partial charge in [0, 0.05) is 33.4 Å². The van der Waals surface area contributed by atoms with Crippen molar-refractivity contribution in [3.8, 4) is 0 Å². The first-order valence-electron chi connectivity index (χ1n) is 5.56. The summed E-state index contributed by atoms with van der Waals surface area (Å²) in [6.07, 6.45) is 1.86. The summed E-state index contributed by atoms with van der Waals surface area (Å²) in [4.78, 5) is 11.2. The van der Waals surface area contributed by atoms with E-state index in [1.54, 1.807) is 14.0 Å². The fourth-order valence-corrected chi connectivity index (χ4v) is 1.67. The maximum atomic E-state index is 11.2. The summed E-state index contributed by atoms with van der Waals surface area (Å²) in [5, 5.41) is 9.18. The van der Waals surface area contributed by atoms with E-state index in [2.05, 4.69) is 0 Å². The maximum absolute atomic E-state index is 11.2. The van der Waals surface area contributed by atoms with E-state index in [9.17, 15) is 9.90 Å². The van der Waals surface area contributed by atoms with E-state index in [0.29, 0.717) is 26.2 Å². The van der Waals surface area contributed by atoms with Crippen molar-refractivity contribution in [2.45, 2.75) is 37.9 Å². The third kappa shape index (κ3) is 3.73. The molecule has 16 heavy (non-hydrogen) atoms. The highest BCUT2D eigenvalue weighted by Crippen LogP contribution is 2.23. The molecule has 0 bridgehead atoms. The number of aliphatic carboxylic acids is 1. The zero-order valence-corrected chi connectivity index (χ0v) is 9.90. The van der Waals surface area contributed by atoms with Crippen molar-refractivity contribution in [1.29, 1.82) is 0 Å². The van der Waals surface area contributed by atoms with Gasteiger partial charge in [0.1, 0.15) is 0 Å². The number of methoxy groups -OCH3 is 1. The van der Waals surface area contributed by atoms with Crippen molar-refractivity contribution in [3.05, 3.63) is 0 Å². The average molecular weight is 232 g/mol. The van der Waals surface area contributed by atoms with Crippen molar-refractivity contribution >= 4 is 5.97 Å². The molecule has 1 aliphatic rings. The van der Waals surface area contributed by atoms with Gasteiger partial charge in [0.05, 0.1) is 6.10 Å². The second kappa shape index (κ2) is 6.18. The Morgan fingerprint density at radius 3 is 2.62 bits per heavy atom. The Balaban J connectivity index is 2.51. The molecule has 1 saturated heterocycles. The van der Waals surface area contributed by atoms with E-state index in [0.717, 1.165) is 12.8 Å². The van der Waals surface area contributed by atoms with Gasteiger partial charge in [-0.1, -0.05) is 0 Å². The SMILES string of the molecule is COCCC(C)(OC1CCOCC1)C(=O)O. The molecule has 1 unspecified atom stereocenters. The van der Waals surface area contributed by atoms with Gasteiger partial charge >= 0.3 is 5.97 Å². The molecule has 0 spiro atoms. The van der Waals surface area contributed by atoms with Crippen LogP contribution in [0.3, 0.4) is 0 Å². The number of carboxylic acid groups (broad SMARTS) is 1. The van der Waals surface area contributed by atoms with Gasteiger partial charge in [0.25, 0.3) is 0 Å². The van der Waals surface area contributed by atoms with Crippen LogP contribution in [0.5, 0.6) is 0 Å². The van der Waals surface area contributed by atoms with E-state index in [4.69, 9.17) is 14.2 Å². The smallest absolute Gasteiger partial charge is 0.335 e. The molecule has 5 nitrogen and oxygen atoms in total. The second-order valence-electron chi connectivity index (χ2n) is 4.21. The van der Waals surface area contributed by atoms with Gasteiger partial charge in [-0.05, 0) is 19.8 Å². The summed E-state index contributed by atoms with van der Waals surface area (Å²) in [6, 6.07) is 0. The molecule has 1 rings (SSSR count). The largest absolute Gasteiger partial charge is 0.479 e. The van der Waals surface area contributed by atoms with Gasteiger partial charge < -0.3 is 19.3 Å². The van der Waals surface area contributed by atoms with Crippen LogP contribution in [0, 0.1) is 0 Å². The molecule has 0 aromatic carbocycles. The van der Waals surface area contributed by atoms with Crippen LogP contribution in [0.1, 0.15) is 26.2 Å². The Bertz CT molecular complexity index is 224. The third-order valence-corrected chi connectivity index (χ3v) is 2.83. The zero-order chi connectivity index (χ0) is 12.0. The Kier molecular flexibility index (Phi) is 5.18. The van der Waals surface area contributed by atoms with Crippen LogP contribution in [0.15, 0.2) is 0 Å². The minimum Gasteiger partial charge on any atom is -0.479 e. The van der Waals surface area contributed by atoms with Crippen LogP contribution in [0.25, 0.3) is 0 Å². The number of ether oxygens (including phenoxy) is 3. The molecule has 0 aliphatic carbocycles. The summed E-state index contributed by atoms with van der Waals surface area (Å²) in [7, 11) is 1.55. The fraction of sp³-hybridized carbons (Fsp3) is 0.909. The quantitative estimate of drug-likeness (QED) is 0.741. The molecule has 0 aromatic rings. The lowest BCUT2D eigenvalue weighted by atomic mass is 10.0. The lowest BCUT2D eigenvalue weighted by Gasteiger charge is -2.32. The summed E-state index contributed by atoms with van der Waals surface area (Å²) in [5.41, 5.74) is -1.15. The van der Waals surface area contributed by atoms with Gasteiger partial charge in [0.2, 0.25) is 0 Å². The predicted octanol–water partition coefficient (Wildman–Crippen LogP) is 1.06. The molecule has 1 atom stereocenters. The van der Waals surface area contributed by atoms with Crippen molar-refractivity contribution in [2.75, 3.05) is 26.9 Å². The van der Waals surface area contributed by atoms with Crippen molar-refractivity contribution in [1.82, 2.24) is 0 Å². The van der Waals surface area contributed by atoms with Crippen molar-refractivity contribution < 1.29 is 24.1 Å². The number of rotatable bonds is 6. The summed E-state index contributed by atoms with van der Waals surface area (Å²) in [5.74, 6) is -0.934. The second-order valence-corrected chi connectivity index (χ2v) is 4.21. The molecule has 1 heterocycles. The molecule has 1 fully saturated rings. The first kappa shape index (κ1) is 13.4. The van der Waals surface area contributed by atoms with Crippen molar-refractivity contribution in [3.63, 3.8) is 0 Å². The normalized spacial score (nSPS) is 21.6. The van der Waals surface area contributed by atoms with Crippen LogP contribution in [0.2, 0.25) is 0 Å². The van der Waals surface area contributed by atoms with Crippen LogP contribution < -0.4 is 0 Å². The highest BCUT2D eigenvalue weighted by Gasteiger charge is 2.36. The number of carboxylic acids is 1. The Hall–Kier alpha value is -0.650. The van der Waals surface area contributed by atoms with E-state index in [1.807, 2.05) is 0 Å². The highest BCUT2D eigenvalue weighted by atomic mass is 16.5. The van der Waals surface area contributed by atoms with E-state index in [1.165, 1.54) is 0 Å². The van der Waals surface area contributed by atoms with Crippen LogP contribution in [-0.4, -0.2) is 49.7 Å². The highest BCUT2D eigenvalue weighted by molar-refractivity contribution is 5.76. The summed E-state index contributed by atoms with van der Waals surface area (Å²) < 4.78 is 15.8. The van der Waals surface area contributed by atoms with Crippen LogP contribution >= 0.6 is 0 Å². The van der Waals surface area contributed by atoms with Gasteiger partial charge in [-0.15, -0.1) is 0 Å². The van der Waals surface area contributed by atoms with Crippen molar-refractivity contribution in [2.24, 2.45) is 0 Å². The molecule has 1 N–H and O–H groups in total. The van der Waals surface area contributed by atoms with E-state index >= 15 is 0 Å². The number of carbonyl (C=O) groups is 1.